The van der Waals surface area contributed by atoms with Gasteiger partial charge < -0.3 is 34.6 Å². The number of fused-ring (bicyclic) bond motifs is 5. The second kappa shape index (κ2) is 11.5. The maximum absolute atomic E-state index is 6.38. The molecule has 0 atom stereocenters. The van der Waals surface area contributed by atoms with Crippen LogP contribution in [-0.2, 0) is 18.1 Å². The van der Waals surface area contributed by atoms with Crippen molar-refractivity contribution >= 4 is 41.8 Å². The summed E-state index contributed by atoms with van der Waals surface area (Å²) in [5.41, 5.74) is 10.4. The fraction of sp³-hybridized carbons (Fsp3) is 0.333. The SMILES string of the molecule is CNc1nc2c3c(cn(COCC[Si](C)(C)C)c3n1)-c1ccc3nc(N)c(cc3c1)OCCOc1cncc(c1)CO2. The van der Waals surface area contributed by atoms with E-state index in [4.69, 9.17) is 34.6 Å². The molecule has 11 nitrogen and oxygen atoms in total. The summed E-state index contributed by atoms with van der Waals surface area (Å²) in [5, 5.41) is 4.75. The van der Waals surface area contributed by atoms with Crippen LogP contribution in [0.3, 0.4) is 0 Å². The van der Waals surface area contributed by atoms with E-state index in [1.165, 1.54) is 0 Å². The fourth-order valence-electron chi connectivity index (χ4n) is 4.77. The number of nitrogens with zero attached hydrogens (tertiary/aromatic N) is 5. The van der Waals surface area contributed by atoms with Gasteiger partial charge in [0.25, 0.3) is 0 Å². The number of anilines is 2. The normalized spacial score (nSPS) is 13.5. The molecule has 3 N–H and O–H groups in total. The molecule has 0 aliphatic carbocycles. The maximum atomic E-state index is 6.38. The lowest BCUT2D eigenvalue weighted by Crippen LogP contribution is -2.22. The first-order valence-electron chi connectivity index (χ1n) is 14.0. The molecule has 1 aromatic carbocycles. The number of hydrogen-bond donors (Lipinski definition) is 2. The Morgan fingerprint density at radius 3 is 2.71 bits per heavy atom. The molecule has 0 radical (unpaired) electrons. The lowest BCUT2D eigenvalue weighted by Gasteiger charge is -2.15. The molecule has 0 spiro atoms. The van der Waals surface area contributed by atoms with Crippen molar-refractivity contribution in [2.45, 2.75) is 39.0 Å². The van der Waals surface area contributed by atoms with Crippen molar-refractivity contribution in [2.24, 2.45) is 0 Å². The number of ether oxygens (including phenoxy) is 4. The lowest BCUT2D eigenvalue weighted by molar-refractivity contribution is 0.0899. The Balaban J connectivity index is 1.50. The van der Waals surface area contributed by atoms with Crippen molar-refractivity contribution in [3.8, 4) is 28.5 Å². The number of hydrogen-bond acceptors (Lipinski definition) is 10. The zero-order chi connectivity index (χ0) is 29.3. The van der Waals surface area contributed by atoms with Gasteiger partial charge in [0.1, 0.15) is 32.3 Å². The number of rotatable bonds is 6. The first-order valence-corrected chi connectivity index (χ1v) is 17.7. The molecular weight excluding hydrogens is 550 g/mol. The van der Waals surface area contributed by atoms with Crippen LogP contribution in [0.25, 0.3) is 33.1 Å². The molecular formula is C30H35N7O4Si. The topological polar surface area (TPSA) is 131 Å². The van der Waals surface area contributed by atoms with Gasteiger partial charge in [-0.3, -0.25) is 4.98 Å². The van der Waals surface area contributed by atoms with Gasteiger partial charge in [-0.15, -0.1) is 0 Å². The minimum absolute atomic E-state index is 0.244. The van der Waals surface area contributed by atoms with Gasteiger partial charge in [0.05, 0.1) is 17.1 Å². The van der Waals surface area contributed by atoms with E-state index in [2.05, 4.69) is 41.0 Å². The van der Waals surface area contributed by atoms with Gasteiger partial charge in [0, 0.05) is 50.6 Å². The highest BCUT2D eigenvalue weighted by Gasteiger charge is 2.21. The van der Waals surface area contributed by atoms with E-state index in [-0.39, 0.29) is 6.61 Å². The van der Waals surface area contributed by atoms with Gasteiger partial charge in [0.15, 0.2) is 17.2 Å². The molecule has 4 aromatic heterocycles. The maximum Gasteiger partial charge on any atom is 0.228 e. The van der Waals surface area contributed by atoms with Gasteiger partial charge in [-0.05, 0) is 35.9 Å². The van der Waals surface area contributed by atoms with Crippen LogP contribution < -0.4 is 25.3 Å². The summed E-state index contributed by atoms with van der Waals surface area (Å²) in [6.07, 6.45) is 5.46. The molecule has 6 rings (SSSR count). The predicted octanol–water partition coefficient (Wildman–Crippen LogP) is 5.33. The molecule has 5 aromatic rings. The van der Waals surface area contributed by atoms with Crippen LogP contribution in [0, 0.1) is 0 Å². The average molecular weight is 586 g/mol. The number of nitrogen functional groups attached to an aromatic ring is 1. The van der Waals surface area contributed by atoms with Gasteiger partial charge in [-0.1, -0.05) is 25.7 Å². The Bertz CT molecular complexity index is 1750. The number of nitrogens with one attached hydrogen (secondary N) is 1. The summed E-state index contributed by atoms with van der Waals surface area (Å²) >= 11 is 0. The van der Waals surface area contributed by atoms with Crippen LogP contribution in [-0.4, -0.2) is 59.4 Å². The van der Waals surface area contributed by atoms with E-state index in [1.54, 1.807) is 19.4 Å². The molecule has 218 valence electrons. The summed E-state index contributed by atoms with van der Waals surface area (Å²) < 4.78 is 26.4. The summed E-state index contributed by atoms with van der Waals surface area (Å²) in [6.45, 7) is 8.93. The van der Waals surface area contributed by atoms with Crippen molar-refractivity contribution < 1.29 is 18.9 Å². The molecule has 0 saturated heterocycles. The van der Waals surface area contributed by atoms with Gasteiger partial charge in [-0.25, -0.2) is 4.98 Å². The molecule has 0 saturated carbocycles. The third-order valence-corrected chi connectivity index (χ3v) is 8.71. The number of pyridine rings is 2. The zero-order valence-corrected chi connectivity index (χ0v) is 25.3. The first-order chi connectivity index (χ1) is 20.3. The summed E-state index contributed by atoms with van der Waals surface area (Å²) in [4.78, 5) is 18.4. The summed E-state index contributed by atoms with van der Waals surface area (Å²) in [7, 11) is 0.556. The minimum Gasteiger partial charge on any atom is -0.488 e. The molecule has 5 heterocycles. The third kappa shape index (κ3) is 5.95. The van der Waals surface area contributed by atoms with E-state index in [0.29, 0.717) is 61.3 Å². The quantitative estimate of drug-likeness (QED) is 0.199. The van der Waals surface area contributed by atoms with E-state index in [9.17, 15) is 0 Å². The van der Waals surface area contributed by atoms with Gasteiger partial charge in [0.2, 0.25) is 11.8 Å². The van der Waals surface area contributed by atoms with E-state index >= 15 is 0 Å². The van der Waals surface area contributed by atoms with Crippen molar-refractivity contribution in [2.75, 3.05) is 37.9 Å². The highest BCUT2D eigenvalue weighted by molar-refractivity contribution is 6.76. The molecule has 12 heteroatoms. The van der Waals surface area contributed by atoms with Crippen molar-refractivity contribution in [1.82, 2.24) is 24.5 Å². The standard InChI is InChI=1S/C30H35N7O4Si/c1-32-30-35-28-26-23(16-37(28)18-38-9-10-42(2,3)4)20-5-6-24-21(12-20)13-25(27(31)34-24)40-8-7-39-22-11-19(14-33-15-22)17-41-29(26)36-30/h5-6,11-16H,7-10,17-18H2,1-4H3,(H2,31,34)(H,32,35,36). The van der Waals surface area contributed by atoms with Crippen LogP contribution in [0.4, 0.5) is 11.8 Å². The van der Waals surface area contributed by atoms with Crippen LogP contribution >= 0.6 is 0 Å². The third-order valence-electron chi connectivity index (χ3n) is 7.01. The van der Waals surface area contributed by atoms with Crippen LogP contribution in [0.1, 0.15) is 5.56 Å². The molecule has 1 aliphatic rings. The molecule has 0 unspecified atom stereocenters. The number of nitrogens with two attached hydrogens (primary N) is 1. The Morgan fingerprint density at radius 1 is 1.02 bits per heavy atom. The van der Waals surface area contributed by atoms with E-state index in [0.717, 1.165) is 39.0 Å². The predicted molar refractivity (Wildman–Crippen MR) is 166 cm³/mol. The van der Waals surface area contributed by atoms with Gasteiger partial charge >= 0.3 is 0 Å². The zero-order valence-electron chi connectivity index (χ0n) is 24.3. The largest absolute Gasteiger partial charge is 0.488 e. The Morgan fingerprint density at radius 2 is 1.88 bits per heavy atom. The molecule has 5 bridgehead atoms. The van der Waals surface area contributed by atoms with E-state index < -0.39 is 8.07 Å². The highest BCUT2D eigenvalue weighted by atomic mass is 28.3. The molecule has 0 fully saturated rings. The second-order valence-corrected chi connectivity index (χ2v) is 17.1. The first kappa shape index (κ1) is 27.7. The van der Waals surface area contributed by atoms with Crippen molar-refractivity contribution in [3.05, 3.63) is 54.5 Å². The summed E-state index contributed by atoms with van der Waals surface area (Å²) in [5.74, 6) is 2.35. The smallest absolute Gasteiger partial charge is 0.228 e. The highest BCUT2D eigenvalue weighted by Crippen LogP contribution is 2.38. The lowest BCUT2D eigenvalue weighted by atomic mass is 10.0. The van der Waals surface area contributed by atoms with Gasteiger partial charge in [-0.2, -0.15) is 9.97 Å². The van der Waals surface area contributed by atoms with Crippen LogP contribution in [0.5, 0.6) is 17.4 Å². The van der Waals surface area contributed by atoms with Crippen molar-refractivity contribution in [1.29, 1.82) is 0 Å². The number of aromatic nitrogens is 5. The minimum atomic E-state index is -1.23. The second-order valence-electron chi connectivity index (χ2n) is 11.5. The van der Waals surface area contributed by atoms with Crippen LogP contribution in [0.15, 0.2) is 48.9 Å². The van der Waals surface area contributed by atoms with Crippen molar-refractivity contribution in [3.63, 3.8) is 0 Å². The van der Waals surface area contributed by atoms with E-state index in [1.807, 2.05) is 35.0 Å². The molecule has 42 heavy (non-hydrogen) atoms. The Hall–Kier alpha value is -4.42. The molecule has 1 aliphatic heterocycles. The average Bonchev–Trinajstić information content (AvgIpc) is 3.34. The molecule has 0 amide bonds. The Kier molecular flexibility index (Phi) is 7.56. The number of benzene rings is 1. The fourth-order valence-corrected chi connectivity index (χ4v) is 5.53. The monoisotopic (exact) mass is 585 g/mol. The summed E-state index contributed by atoms with van der Waals surface area (Å²) in [6, 6.07) is 10.9. The van der Waals surface area contributed by atoms with Crippen LogP contribution in [0.2, 0.25) is 25.7 Å². The Labute approximate surface area is 245 Å².